The summed E-state index contributed by atoms with van der Waals surface area (Å²) >= 11 is 0. The number of rotatable bonds is 3. The molecule has 1 aromatic rings. The number of nitrogens with zero attached hydrogens (tertiary/aromatic N) is 1. The van der Waals surface area contributed by atoms with Crippen molar-refractivity contribution in [2.24, 2.45) is 0 Å². The minimum absolute atomic E-state index is 0.0515. The van der Waals surface area contributed by atoms with E-state index < -0.39 is 17.6 Å². The molecular formula is C15H13FN2O2. The Labute approximate surface area is 115 Å². The quantitative estimate of drug-likeness (QED) is 0.397. The molecule has 1 saturated heterocycles. The van der Waals surface area contributed by atoms with Crippen molar-refractivity contribution in [3.05, 3.63) is 60.5 Å². The lowest BCUT2D eigenvalue weighted by atomic mass is 10.2. The summed E-state index contributed by atoms with van der Waals surface area (Å²) in [6.45, 7) is 3.50. The van der Waals surface area contributed by atoms with Crippen molar-refractivity contribution in [1.29, 1.82) is 0 Å². The van der Waals surface area contributed by atoms with Gasteiger partial charge in [0.1, 0.15) is 5.82 Å². The van der Waals surface area contributed by atoms with Crippen LogP contribution in [0.5, 0.6) is 0 Å². The van der Waals surface area contributed by atoms with Crippen LogP contribution in [0.1, 0.15) is 6.42 Å². The van der Waals surface area contributed by atoms with Crippen molar-refractivity contribution in [2.45, 2.75) is 6.42 Å². The second-order valence-electron chi connectivity index (χ2n) is 4.23. The van der Waals surface area contributed by atoms with E-state index in [1.807, 2.05) is 0 Å². The average Bonchev–Trinajstić information content (AvgIpc) is 2.66. The molecule has 4 nitrogen and oxygen atoms in total. The van der Waals surface area contributed by atoms with E-state index in [2.05, 4.69) is 6.58 Å². The van der Waals surface area contributed by atoms with Gasteiger partial charge in [0.05, 0.1) is 12.1 Å². The standard InChI is InChI=1S/C15H13FN2O2/c1-2-3-4-5-10-8-14(19)18(15(10)20)13-7-6-11(17)9-12(13)16/h2-7,9H,1,8,17H2/b4-3-,10-5+. The SMILES string of the molecule is C=C/C=C\C=C1/CC(=O)N(c2ccc(N)cc2F)C1=O. The molecule has 0 atom stereocenters. The highest BCUT2D eigenvalue weighted by molar-refractivity contribution is 6.28. The van der Waals surface area contributed by atoms with Crippen molar-refractivity contribution >= 4 is 23.2 Å². The molecule has 2 N–H and O–H groups in total. The molecule has 1 heterocycles. The summed E-state index contributed by atoms with van der Waals surface area (Å²) in [4.78, 5) is 24.9. The number of carbonyl (C=O) groups excluding carboxylic acids is 2. The lowest BCUT2D eigenvalue weighted by Crippen LogP contribution is -2.29. The first-order valence-corrected chi connectivity index (χ1v) is 5.95. The van der Waals surface area contributed by atoms with Gasteiger partial charge in [0.15, 0.2) is 0 Å². The van der Waals surface area contributed by atoms with E-state index in [0.717, 1.165) is 11.0 Å². The molecule has 2 amide bonds. The number of carbonyl (C=O) groups is 2. The normalized spacial score (nSPS) is 17.4. The van der Waals surface area contributed by atoms with Crippen LogP contribution in [0.4, 0.5) is 15.8 Å². The smallest absolute Gasteiger partial charge is 0.261 e. The van der Waals surface area contributed by atoms with E-state index in [-0.39, 0.29) is 17.8 Å². The fourth-order valence-electron chi connectivity index (χ4n) is 1.90. The number of hydrogen-bond donors (Lipinski definition) is 1. The van der Waals surface area contributed by atoms with Gasteiger partial charge in [-0.2, -0.15) is 0 Å². The summed E-state index contributed by atoms with van der Waals surface area (Å²) in [5.74, 6) is -1.68. The van der Waals surface area contributed by atoms with Gasteiger partial charge in [0.2, 0.25) is 5.91 Å². The van der Waals surface area contributed by atoms with E-state index in [4.69, 9.17) is 5.73 Å². The Balaban J connectivity index is 2.36. The second kappa shape index (κ2) is 5.52. The van der Waals surface area contributed by atoms with E-state index in [9.17, 15) is 14.0 Å². The van der Waals surface area contributed by atoms with Crippen LogP contribution in [-0.2, 0) is 9.59 Å². The maximum atomic E-state index is 13.8. The molecule has 20 heavy (non-hydrogen) atoms. The van der Waals surface area contributed by atoms with Crippen LogP contribution < -0.4 is 10.6 Å². The van der Waals surface area contributed by atoms with Gasteiger partial charge in [-0.1, -0.05) is 30.9 Å². The molecule has 0 aliphatic carbocycles. The molecule has 0 aromatic heterocycles. The minimum atomic E-state index is -0.699. The molecule has 0 spiro atoms. The van der Waals surface area contributed by atoms with Crippen LogP contribution in [0.2, 0.25) is 0 Å². The van der Waals surface area contributed by atoms with Crippen molar-refractivity contribution < 1.29 is 14.0 Å². The highest BCUT2D eigenvalue weighted by Gasteiger charge is 2.36. The van der Waals surface area contributed by atoms with E-state index in [1.54, 1.807) is 18.2 Å². The van der Waals surface area contributed by atoms with Crippen LogP contribution in [0.15, 0.2) is 54.7 Å². The van der Waals surface area contributed by atoms with Crippen LogP contribution >= 0.6 is 0 Å². The number of hydrogen-bond acceptors (Lipinski definition) is 3. The number of halogens is 1. The Morgan fingerprint density at radius 1 is 1.30 bits per heavy atom. The lowest BCUT2D eigenvalue weighted by molar-refractivity contribution is -0.120. The fraction of sp³-hybridized carbons (Fsp3) is 0.0667. The van der Waals surface area contributed by atoms with Gasteiger partial charge < -0.3 is 5.73 Å². The molecule has 5 heteroatoms. The Morgan fingerprint density at radius 3 is 2.70 bits per heavy atom. The summed E-state index contributed by atoms with van der Waals surface area (Å²) in [5, 5.41) is 0. The van der Waals surface area contributed by atoms with E-state index >= 15 is 0 Å². The first-order valence-electron chi connectivity index (χ1n) is 5.95. The Morgan fingerprint density at radius 2 is 2.05 bits per heavy atom. The Kier molecular flexibility index (Phi) is 3.79. The molecule has 0 unspecified atom stereocenters. The topological polar surface area (TPSA) is 63.4 Å². The third-order valence-corrected chi connectivity index (χ3v) is 2.83. The maximum absolute atomic E-state index is 13.8. The summed E-state index contributed by atoms with van der Waals surface area (Å²) in [7, 11) is 0. The zero-order chi connectivity index (χ0) is 14.7. The highest BCUT2D eigenvalue weighted by atomic mass is 19.1. The number of amides is 2. The summed E-state index contributed by atoms with van der Waals surface area (Å²) < 4.78 is 13.8. The van der Waals surface area contributed by atoms with Crippen LogP contribution in [0, 0.1) is 5.82 Å². The lowest BCUT2D eigenvalue weighted by Gasteiger charge is -2.14. The predicted octanol–water partition coefficient (Wildman–Crippen LogP) is 2.34. The van der Waals surface area contributed by atoms with Crippen molar-refractivity contribution in [3.8, 4) is 0 Å². The molecule has 0 bridgehead atoms. The molecule has 1 fully saturated rings. The molecule has 1 aliphatic rings. The largest absolute Gasteiger partial charge is 0.399 e. The van der Waals surface area contributed by atoms with Crippen LogP contribution in [-0.4, -0.2) is 11.8 Å². The monoisotopic (exact) mass is 272 g/mol. The van der Waals surface area contributed by atoms with Gasteiger partial charge in [0, 0.05) is 11.3 Å². The summed E-state index contributed by atoms with van der Waals surface area (Å²) in [5.41, 5.74) is 5.91. The van der Waals surface area contributed by atoms with Gasteiger partial charge in [-0.05, 0) is 18.2 Å². The number of allylic oxidation sites excluding steroid dienone is 4. The van der Waals surface area contributed by atoms with Crippen molar-refractivity contribution in [2.75, 3.05) is 10.6 Å². The molecule has 1 aliphatic heterocycles. The number of nitrogen functional groups attached to an aromatic ring is 1. The minimum Gasteiger partial charge on any atom is -0.399 e. The predicted molar refractivity (Wildman–Crippen MR) is 75.3 cm³/mol. The second-order valence-corrected chi connectivity index (χ2v) is 4.23. The molecule has 0 saturated carbocycles. The maximum Gasteiger partial charge on any atom is 0.261 e. The van der Waals surface area contributed by atoms with E-state index in [0.29, 0.717) is 5.57 Å². The fourth-order valence-corrected chi connectivity index (χ4v) is 1.90. The molecule has 102 valence electrons. The van der Waals surface area contributed by atoms with Gasteiger partial charge in [0.25, 0.3) is 5.91 Å². The van der Waals surface area contributed by atoms with Crippen molar-refractivity contribution in [3.63, 3.8) is 0 Å². The zero-order valence-electron chi connectivity index (χ0n) is 10.7. The number of nitrogens with two attached hydrogens (primary N) is 1. The van der Waals surface area contributed by atoms with Crippen LogP contribution in [0.3, 0.4) is 0 Å². The highest BCUT2D eigenvalue weighted by Crippen LogP contribution is 2.29. The van der Waals surface area contributed by atoms with Gasteiger partial charge >= 0.3 is 0 Å². The number of benzene rings is 1. The molecular weight excluding hydrogens is 259 g/mol. The summed E-state index contributed by atoms with van der Waals surface area (Å²) in [6.07, 6.45) is 6.27. The van der Waals surface area contributed by atoms with Gasteiger partial charge in [-0.25, -0.2) is 9.29 Å². The van der Waals surface area contributed by atoms with Gasteiger partial charge in [-0.15, -0.1) is 0 Å². The first kappa shape index (κ1) is 13.7. The Hall–Kier alpha value is -2.69. The van der Waals surface area contributed by atoms with Crippen LogP contribution in [0.25, 0.3) is 0 Å². The number of imide groups is 1. The molecule has 1 aromatic carbocycles. The third-order valence-electron chi connectivity index (χ3n) is 2.83. The van der Waals surface area contributed by atoms with Gasteiger partial charge in [-0.3, -0.25) is 9.59 Å². The summed E-state index contributed by atoms with van der Waals surface area (Å²) in [6, 6.07) is 3.84. The third kappa shape index (κ3) is 2.51. The van der Waals surface area contributed by atoms with Crippen molar-refractivity contribution in [1.82, 2.24) is 0 Å². The van der Waals surface area contributed by atoms with E-state index in [1.165, 1.54) is 18.2 Å². The average molecular weight is 272 g/mol. The first-order chi connectivity index (χ1) is 9.54. The Bertz CT molecular complexity index is 647. The zero-order valence-corrected chi connectivity index (χ0v) is 10.7. The molecule has 2 rings (SSSR count). The number of anilines is 2. The molecule has 0 radical (unpaired) electrons.